The van der Waals surface area contributed by atoms with Gasteiger partial charge in [-0.15, -0.1) is 0 Å². The molecule has 4 nitrogen and oxygen atoms in total. The molecule has 0 aliphatic rings. The summed E-state index contributed by atoms with van der Waals surface area (Å²) in [7, 11) is 0. The molecule has 0 saturated heterocycles. The zero-order valence-corrected chi connectivity index (χ0v) is 21.7. The molecule has 2 amide bonds. The van der Waals surface area contributed by atoms with Gasteiger partial charge in [0.2, 0.25) is 11.8 Å². The van der Waals surface area contributed by atoms with Crippen molar-refractivity contribution in [3.8, 4) is 0 Å². The molecule has 0 aliphatic heterocycles. The van der Waals surface area contributed by atoms with E-state index in [0.717, 1.165) is 33.4 Å². The first-order valence-electron chi connectivity index (χ1n) is 12.5. The molecular weight excluding hydrogens is 432 g/mol. The molecular formula is C31H38N2O2. The summed E-state index contributed by atoms with van der Waals surface area (Å²) < 4.78 is 0. The van der Waals surface area contributed by atoms with E-state index in [0.29, 0.717) is 25.4 Å². The molecule has 0 saturated carbocycles. The number of rotatable bonds is 10. The Morgan fingerprint density at radius 2 is 1.49 bits per heavy atom. The molecule has 1 N–H and O–H groups in total. The van der Waals surface area contributed by atoms with Gasteiger partial charge in [0.05, 0.1) is 6.42 Å². The van der Waals surface area contributed by atoms with Gasteiger partial charge in [-0.3, -0.25) is 9.59 Å². The van der Waals surface area contributed by atoms with Crippen molar-refractivity contribution in [1.29, 1.82) is 0 Å². The van der Waals surface area contributed by atoms with Gasteiger partial charge in [-0.05, 0) is 54.5 Å². The van der Waals surface area contributed by atoms with Crippen molar-refractivity contribution in [2.75, 3.05) is 6.54 Å². The van der Waals surface area contributed by atoms with Gasteiger partial charge < -0.3 is 10.2 Å². The van der Waals surface area contributed by atoms with Crippen molar-refractivity contribution in [3.63, 3.8) is 0 Å². The van der Waals surface area contributed by atoms with Crippen LogP contribution < -0.4 is 5.32 Å². The third-order valence-corrected chi connectivity index (χ3v) is 6.40. The Kier molecular flexibility index (Phi) is 9.25. The number of carbonyl (C=O) groups is 2. The minimum absolute atomic E-state index is 0.0393. The highest BCUT2D eigenvalue weighted by molar-refractivity contribution is 5.89. The molecule has 0 aromatic heterocycles. The van der Waals surface area contributed by atoms with Crippen LogP contribution in [0, 0.1) is 26.7 Å². The van der Waals surface area contributed by atoms with Gasteiger partial charge in [0.1, 0.15) is 6.04 Å². The summed E-state index contributed by atoms with van der Waals surface area (Å²) in [6, 6.07) is 23.6. The normalized spacial score (nSPS) is 11.8. The predicted molar refractivity (Wildman–Crippen MR) is 143 cm³/mol. The molecule has 184 valence electrons. The Balaban J connectivity index is 2.00. The van der Waals surface area contributed by atoms with Gasteiger partial charge in [-0.1, -0.05) is 92.2 Å². The van der Waals surface area contributed by atoms with E-state index in [4.69, 9.17) is 0 Å². The second-order valence-corrected chi connectivity index (χ2v) is 9.90. The van der Waals surface area contributed by atoms with Crippen LogP contribution in [0.1, 0.15) is 47.2 Å². The van der Waals surface area contributed by atoms with Crippen LogP contribution in [0.2, 0.25) is 0 Å². The minimum atomic E-state index is -0.603. The number of nitrogens with zero attached hydrogens (tertiary/aromatic N) is 1. The molecule has 3 aromatic rings. The van der Waals surface area contributed by atoms with Crippen molar-refractivity contribution < 1.29 is 9.59 Å². The van der Waals surface area contributed by atoms with Crippen molar-refractivity contribution in [2.24, 2.45) is 5.92 Å². The van der Waals surface area contributed by atoms with E-state index in [2.05, 4.69) is 37.4 Å². The Morgan fingerprint density at radius 3 is 2.17 bits per heavy atom. The van der Waals surface area contributed by atoms with E-state index in [1.54, 1.807) is 4.90 Å². The van der Waals surface area contributed by atoms with Crippen LogP contribution in [0.15, 0.2) is 72.8 Å². The zero-order valence-electron chi connectivity index (χ0n) is 21.7. The first-order valence-corrected chi connectivity index (χ1v) is 12.5. The van der Waals surface area contributed by atoms with E-state index < -0.39 is 6.04 Å². The van der Waals surface area contributed by atoms with Gasteiger partial charge in [0.15, 0.2) is 0 Å². The van der Waals surface area contributed by atoms with Crippen LogP contribution in [0.3, 0.4) is 0 Å². The second-order valence-electron chi connectivity index (χ2n) is 9.90. The average molecular weight is 471 g/mol. The van der Waals surface area contributed by atoms with Crippen LogP contribution in [0.4, 0.5) is 0 Å². The molecule has 0 spiro atoms. The summed E-state index contributed by atoms with van der Waals surface area (Å²) in [4.78, 5) is 29.2. The lowest BCUT2D eigenvalue weighted by Crippen LogP contribution is -2.51. The molecule has 0 heterocycles. The maximum absolute atomic E-state index is 13.9. The quantitative estimate of drug-likeness (QED) is 0.421. The number of hydrogen-bond donors (Lipinski definition) is 1. The predicted octanol–water partition coefficient (Wildman–Crippen LogP) is 5.57. The summed E-state index contributed by atoms with van der Waals surface area (Å²) in [5.41, 5.74) is 6.41. The maximum atomic E-state index is 13.9. The fourth-order valence-corrected chi connectivity index (χ4v) is 4.20. The summed E-state index contributed by atoms with van der Waals surface area (Å²) >= 11 is 0. The highest BCUT2D eigenvalue weighted by atomic mass is 16.2. The molecule has 0 bridgehead atoms. The summed E-state index contributed by atoms with van der Waals surface area (Å²) in [5.74, 6) is 0.180. The van der Waals surface area contributed by atoms with Crippen LogP contribution in [0.25, 0.3) is 0 Å². The maximum Gasteiger partial charge on any atom is 0.243 e. The topological polar surface area (TPSA) is 49.4 Å². The molecule has 0 fully saturated rings. The third kappa shape index (κ3) is 7.54. The fraction of sp³-hybridized carbons (Fsp3) is 0.355. The highest BCUT2D eigenvalue weighted by Gasteiger charge is 2.31. The van der Waals surface area contributed by atoms with E-state index in [1.165, 1.54) is 0 Å². The lowest BCUT2D eigenvalue weighted by molar-refractivity contribution is -0.140. The molecule has 4 heteroatoms. The summed E-state index contributed by atoms with van der Waals surface area (Å²) in [5, 5.41) is 3.09. The van der Waals surface area contributed by atoms with Gasteiger partial charge in [0.25, 0.3) is 0 Å². The van der Waals surface area contributed by atoms with Crippen LogP contribution in [-0.4, -0.2) is 29.3 Å². The largest absolute Gasteiger partial charge is 0.354 e. The lowest BCUT2D eigenvalue weighted by atomic mass is 9.98. The number of aryl methyl sites for hydroxylation is 3. The Hall–Kier alpha value is -3.40. The molecule has 0 unspecified atom stereocenters. The molecule has 1 atom stereocenters. The van der Waals surface area contributed by atoms with E-state index >= 15 is 0 Å². The molecule has 3 rings (SSSR count). The number of carbonyl (C=O) groups excluding carboxylic acids is 2. The minimum Gasteiger partial charge on any atom is -0.354 e. The number of benzene rings is 3. The van der Waals surface area contributed by atoms with Gasteiger partial charge in [-0.25, -0.2) is 0 Å². The fourth-order valence-electron chi connectivity index (χ4n) is 4.20. The molecule has 35 heavy (non-hydrogen) atoms. The van der Waals surface area contributed by atoms with E-state index in [-0.39, 0.29) is 18.2 Å². The zero-order chi connectivity index (χ0) is 25.4. The van der Waals surface area contributed by atoms with Crippen molar-refractivity contribution in [1.82, 2.24) is 10.2 Å². The van der Waals surface area contributed by atoms with E-state index in [1.807, 2.05) is 75.4 Å². The van der Waals surface area contributed by atoms with E-state index in [9.17, 15) is 9.59 Å². The van der Waals surface area contributed by atoms with Crippen molar-refractivity contribution >= 4 is 11.8 Å². The molecule has 0 radical (unpaired) electrons. The first-order chi connectivity index (χ1) is 16.7. The Morgan fingerprint density at radius 1 is 0.829 bits per heavy atom. The highest BCUT2D eigenvalue weighted by Crippen LogP contribution is 2.20. The second kappa shape index (κ2) is 12.3. The summed E-state index contributed by atoms with van der Waals surface area (Å²) in [6.45, 7) is 11.2. The van der Waals surface area contributed by atoms with Crippen molar-refractivity contribution in [2.45, 2.75) is 60.0 Å². The Labute approximate surface area is 210 Å². The standard InChI is InChI=1S/C31H38N2O2/c1-22(2)20-32-31(35)29(18-26-12-7-6-8-13-26)33(21-27-14-10-9-11-24(27)4)30(34)19-28-17-23(3)15-16-25(28)5/h6-17,22,29H,18-21H2,1-5H3,(H,32,35)/t29-/m1/s1. The van der Waals surface area contributed by atoms with Gasteiger partial charge >= 0.3 is 0 Å². The lowest BCUT2D eigenvalue weighted by Gasteiger charge is -2.32. The SMILES string of the molecule is Cc1ccc(C)c(CC(=O)N(Cc2ccccc2C)[C@H](Cc2ccccc2)C(=O)NCC(C)C)c1. The van der Waals surface area contributed by atoms with Crippen LogP contribution in [0.5, 0.6) is 0 Å². The Bertz CT molecular complexity index is 1140. The van der Waals surface area contributed by atoms with Crippen LogP contribution >= 0.6 is 0 Å². The molecule has 3 aromatic carbocycles. The molecule has 0 aliphatic carbocycles. The first kappa shape index (κ1) is 26.2. The monoisotopic (exact) mass is 470 g/mol. The van der Waals surface area contributed by atoms with Gasteiger partial charge in [0, 0.05) is 19.5 Å². The number of hydrogen-bond acceptors (Lipinski definition) is 2. The number of amides is 2. The van der Waals surface area contributed by atoms with Crippen molar-refractivity contribution in [3.05, 3.63) is 106 Å². The summed E-state index contributed by atoms with van der Waals surface area (Å²) in [6.07, 6.45) is 0.733. The average Bonchev–Trinajstić information content (AvgIpc) is 2.83. The number of nitrogens with one attached hydrogen (secondary N) is 1. The smallest absolute Gasteiger partial charge is 0.243 e. The third-order valence-electron chi connectivity index (χ3n) is 6.40. The van der Waals surface area contributed by atoms with Crippen LogP contribution in [-0.2, 0) is 29.0 Å². The van der Waals surface area contributed by atoms with Gasteiger partial charge in [-0.2, -0.15) is 0 Å².